The van der Waals surface area contributed by atoms with Crippen LogP contribution in [0.1, 0.15) is 51.6 Å². The average Bonchev–Trinajstić information content (AvgIpc) is 2.35. The molecule has 1 N–H and O–H groups in total. The van der Waals surface area contributed by atoms with Gasteiger partial charge in [-0.3, -0.25) is 0 Å². The van der Waals surface area contributed by atoms with Crippen molar-refractivity contribution < 1.29 is 4.39 Å². The third kappa shape index (κ3) is 3.96. The lowest BCUT2D eigenvalue weighted by molar-refractivity contribution is 0.341. The summed E-state index contributed by atoms with van der Waals surface area (Å²) in [5.74, 6) is 0.252. The van der Waals surface area contributed by atoms with E-state index in [-0.39, 0.29) is 11.9 Å². The predicted molar refractivity (Wildman–Crippen MR) is 76.5 cm³/mol. The number of hydrogen-bond acceptors (Lipinski definition) is 1. The molecule has 0 bridgehead atoms. The predicted octanol–water partition coefficient (Wildman–Crippen LogP) is 4.96. The van der Waals surface area contributed by atoms with Crippen molar-refractivity contribution in [1.82, 2.24) is 5.32 Å². The molecule has 0 aromatic heterocycles. The molecule has 0 aliphatic rings. The number of benzene rings is 1. The second-order valence-corrected chi connectivity index (χ2v) is 5.08. The average molecular weight is 272 g/mol. The van der Waals surface area contributed by atoms with Crippen molar-refractivity contribution in [2.24, 2.45) is 5.92 Å². The minimum atomic E-state index is -0.275. The van der Waals surface area contributed by atoms with E-state index < -0.39 is 0 Å². The zero-order valence-electron chi connectivity index (χ0n) is 11.5. The van der Waals surface area contributed by atoms with Crippen molar-refractivity contribution in [3.05, 3.63) is 34.6 Å². The molecule has 1 rings (SSSR count). The van der Waals surface area contributed by atoms with Crippen LogP contribution in [0.25, 0.3) is 0 Å². The molecule has 1 unspecified atom stereocenters. The van der Waals surface area contributed by atoms with Gasteiger partial charge in [0.2, 0.25) is 0 Å². The van der Waals surface area contributed by atoms with Gasteiger partial charge in [-0.25, -0.2) is 4.39 Å². The van der Waals surface area contributed by atoms with E-state index in [9.17, 15) is 4.39 Å². The highest BCUT2D eigenvalue weighted by molar-refractivity contribution is 6.31. The summed E-state index contributed by atoms with van der Waals surface area (Å²) in [6.45, 7) is 7.47. The molecule has 1 aromatic carbocycles. The van der Waals surface area contributed by atoms with Gasteiger partial charge in [-0.2, -0.15) is 0 Å². The Balaban J connectivity index is 3.00. The van der Waals surface area contributed by atoms with Crippen LogP contribution in [0.3, 0.4) is 0 Å². The van der Waals surface area contributed by atoms with E-state index in [0.29, 0.717) is 10.9 Å². The largest absolute Gasteiger partial charge is 0.310 e. The Labute approximate surface area is 115 Å². The molecule has 0 amide bonds. The number of nitrogens with one attached hydrogen (secondary N) is 1. The van der Waals surface area contributed by atoms with Gasteiger partial charge in [0.25, 0.3) is 0 Å². The molecule has 0 spiro atoms. The number of halogens is 2. The maximum Gasteiger partial charge on any atom is 0.124 e. The molecular formula is C15H23ClFN. The second kappa shape index (κ2) is 7.75. The second-order valence-electron chi connectivity index (χ2n) is 4.67. The fourth-order valence-electron chi connectivity index (χ4n) is 2.34. The fourth-order valence-corrected chi connectivity index (χ4v) is 2.63. The highest BCUT2D eigenvalue weighted by Gasteiger charge is 2.22. The summed E-state index contributed by atoms with van der Waals surface area (Å²) in [5, 5.41) is 4.06. The molecule has 0 aliphatic carbocycles. The van der Waals surface area contributed by atoms with Gasteiger partial charge in [-0.1, -0.05) is 51.3 Å². The van der Waals surface area contributed by atoms with Gasteiger partial charge in [0, 0.05) is 11.1 Å². The van der Waals surface area contributed by atoms with Gasteiger partial charge >= 0.3 is 0 Å². The number of rotatable bonds is 7. The monoisotopic (exact) mass is 271 g/mol. The molecule has 0 heterocycles. The lowest BCUT2D eigenvalue weighted by Crippen LogP contribution is -2.29. The van der Waals surface area contributed by atoms with Crippen molar-refractivity contribution in [3.63, 3.8) is 0 Å². The van der Waals surface area contributed by atoms with Gasteiger partial charge < -0.3 is 5.32 Å². The van der Waals surface area contributed by atoms with Crippen LogP contribution in [-0.4, -0.2) is 6.54 Å². The molecule has 0 saturated heterocycles. The van der Waals surface area contributed by atoms with Crippen molar-refractivity contribution >= 4 is 11.6 Å². The maximum absolute atomic E-state index is 13.1. The summed E-state index contributed by atoms with van der Waals surface area (Å²) < 4.78 is 13.1. The number of hydrogen-bond donors (Lipinski definition) is 1. The molecule has 0 saturated carbocycles. The Morgan fingerprint density at radius 2 is 1.89 bits per heavy atom. The summed E-state index contributed by atoms with van der Waals surface area (Å²) in [5.41, 5.74) is 1.01. The lowest BCUT2D eigenvalue weighted by Gasteiger charge is -2.27. The van der Waals surface area contributed by atoms with E-state index in [1.165, 1.54) is 12.1 Å². The van der Waals surface area contributed by atoms with Crippen LogP contribution in [0.15, 0.2) is 18.2 Å². The van der Waals surface area contributed by atoms with Crippen LogP contribution in [0.2, 0.25) is 5.02 Å². The van der Waals surface area contributed by atoms with Crippen LogP contribution in [-0.2, 0) is 0 Å². The summed E-state index contributed by atoms with van der Waals surface area (Å²) >= 11 is 6.18. The first kappa shape index (κ1) is 15.5. The first-order valence-electron chi connectivity index (χ1n) is 6.82. The smallest absolute Gasteiger partial charge is 0.124 e. The van der Waals surface area contributed by atoms with Crippen LogP contribution in [0, 0.1) is 11.7 Å². The fraction of sp³-hybridized carbons (Fsp3) is 0.600. The molecule has 0 aliphatic heterocycles. The van der Waals surface area contributed by atoms with E-state index in [1.54, 1.807) is 0 Å². The van der Waals surface area contributed by atoms with E-state index >= 15 is 0 Å². The zero-order valence-corrected chi connectivity index (χ0v) is 12.2. The first-order valence-corrected chi connectivity index (χ1v) is 7.20. The molecule has 102 valence electrons. The minimum absolute atomic E-state index is 0.216. The molecule has 1 atom stereocenters. The highest BCUT2D eigenvalue weighted by Crippen LogP contribution is 2.32. The van der Waals surface area contributed by atoms with Crippen LogP contribution in [0.4, 0.5) is 4.39 Å². The summed E-state index contributed by atoms with van der Waals surface area (Å²) in [4.78, 5) is 0. The Hall–Kier alpha value is -0.600. The summed E-state index contributed by atoms with van der Waals surface area (Å²) in [7, 11) is 0. The molecular weight excluding hydrogens is 249 g/mol. The van der Waals surface area contributed by atoms with E-state index in [2.05, 4.69) is 26.1 Å². The van der Waals surface area contributed by atoms with Gasteiger partial charge in [-0.05, 0) is 36.6 Å². The van der Waals surface area contributed by atoms with E-state index in [1.807, 2.05) is 6.07 Å². The zero-order chi connectivity index (χ0) is 13.5. The topological polar surface area (TPSA) is 12.0 Å². The van der Waals surface area contributed by atoms with Gasteiger partial charge in [0.05, 0.1) is 0 Å². The Morgan fingerprint density at radius 1 is 1.22 bits per heavy atom. The van der Waals surface area contributed by atoms with Crippen molar-refractivity contribution in [1.29, 1.82) is 0 Å². The molecule has 0 radical (unpaired) electrons. The molecule has 1 aromatic rings. The Bertz CT molecular complexity index is 364. The SMILES string of the molecule is CCCNC(c1ccc(F)cc1Cl)C(CC)CC. The standard InChI is InChI=1S/C15H23ClFN/c1-4-9-18-15(11(5-2)6-3)13-8-7-12(17)10-14(13)16/h7-8,10-11,15,18H,4-6,9H2,1-3H3. The minimum Gasteiger partial charge on any atom is -0.310 e. The quantitative estimate of drug-likeness (QED) is 0.739. The van der Waals surface area contributed by atoms with Crippen molar-refractivity contribution in [3.8, 4) is 0 Å². The highest BCUT2D eigenvalue weighted by atomic mass is 35.5. The van der Waals surface area contributed by atoms with E-state index in [4.69, 9.17) is 11.6 Å². The van der Waals surface area contributed by atoms with E-state index in [0.717, 1.165) is 31.4 Å². The van der Waals surface area contributed by atoms with Gasteiger partial charge in [0.1, 0.15) is 5.82 Å². The van der Waals surface area contributed by atoms with Crippen LogP contribution < -0.4 is 5.32 Å². The molecule has 1 nitrogen and oxygen atoms in total. The molecule has 3 heteroatoms. The summed E-state index contributed by atoms with van der Waals surface area (Å²) in [6, 6.07) is 4.92. The maximum atomic E-state index is 13.1. The Morgan fingerprint density at radius 3 is 2.39 bits per heavy atom. The van der Waals surface area contributed by atoms with Crippen molar-refractivity contribution in [2.75, 3.05) is 6.54 Å². The van der Waals surface area contributed by atoms with Crippen LogP contribution >= 0.6 is 11.6 Å². The summed E-state index contributed by atoms with van der Waals surface area (Å²) in [6.07, 6.45) is 3.26. The van der Waals surface area contributed by atoms with Crippen LogP contribution in [0.5, 0.6) is 0 Å². The molecule has 0 fully saturated rings. The molecule has 18 heavy (non-hydrogen) atoms. The first-order chi connectivity index (χ1) is 8.63. The third-order valence-corrected chi connectivity index (χ3v) is 3.76. The van der Waals surface area contributed by atoms with Crippen molar-refractivity contribution in [2.45, 2.75) is 46.1 Å². The normalized spacial score (nSPS) is 13.0. The van der Waals surface area contributed by atoms with Gasteiger partial charge in [-0.15, -0.1) is 0 Å². The third-order valence-electron chi connectivity index (χ3n) is 3.43. The lowest BCUT2D eigenvalue weighted by atomic mass is 9.88. The van der Waals surface area contributed by atoms with Gasteiger partial charge in [0.15, 0.2) is 0 Å². The Kier molecular flexibility index (Phi) is 6.66.